The molecule has 0 atom stereocenters. The highest BCUT2D eigenvalue weighted by molar-refractivity contribution is 5.79. The monoisotopic (exact) mass is 393 g/mol. The van der Waals surface area contributed by atoms with E-state index in [0.717, 1.165) is 46.1 Å². The van der Waals surface area contributed by atoms with Gasteiger partial charge < -0.3 is 5.32 Å². The highest BCUT2D eigenvalue weighted by atomic mass is 16.1. The lowest BCUT2D eigenvalue weighted by molar-refractivity contribution is -0.120. The van der Waals surface area contributed by atoms with Crippen molar-refractivity contribution in [3.63, 3.8) is 0 Å². The topological polar surface area (TPSA) is 64.7 Å². The van der Waals surface area contributed by atoms with E-state index in [1.807, 2.05) is 67.4 Å². The van der Waals surface area contributed by atoms with Crippen LogP contribution in [0, 0.1) is 33.6 Å². The number of benzene rings is 1. The number of nitrogens with one attached hydrogen (secondary N) is 1. The molecule has 2 heterocycles. The maximum Gasteiger partial charge on any atom is 0.224 e. The Hall–Kier alpha value is -2.89. The molecule has 0 aliphatic heterocycles. The molecule has 154 valence electrons. The number of aryl methyl sites for hydroxylation is 2. The molecule has 3 aromatic rings. The van der Waals surface area contributed by atoms with E-state index in [1.165, 1.54) is 0 Å². The molecule has 1 N–H and O–H groups in total. The predicted octanol–water partition coefficient (Wildman–Crippen LogP) is 3.82. The summed E-state index contributed by atoms with van der Waals surface area (Å²) < 4.78 is 3.95. The van der Waals surface area contributed by atoms with Crippen LogP contribution in [0.3, 0.4) is 0 Å². The molecule has 0 spiro atoms. The Balaban J connectivity index is 1.69. The lowest BCUT2D eigenvalue weighted by Gasteiger charge is -2.09. The number of hydrogen-bond donors (Lipinski definition) is 1. The van der Waals surface area contributed by atoms with Crippen LogP contribution < -0.4 is 5.32 Å². The van der Waals surface area contributed by atoms with E-state index in [1.54, 1.807) is 0 Å². The molecule has 0 saturated heterocycles. The smallest absolute Gasteiger partial charge is 0.224 e. The first-order valence-corrected chi connectivity index (χ1v) is 10.2. The summed E-state index contributed by atoms with van der Waals surface area (Å²) >= 11 is 0. The van der Waals surface area contributed by atoms with Crippen molar-refractivity contribution in [3.8, 4) is 5.69 Å². The quantitative estimate of drug-likeness (QED) is 0.664. The van der Waals surface area contributed by atoms with E-state index >= 15 is 0 Å². The van der Waals surface area contributed by atoms with Gasteiger partial charge in [-0.25, -0.2) is 4.68 Å². The summed E-state index contributed by atoms with van der Waals surface area (Å²) in [5.74, 6) is 0.522. The van der Waals surface area contributed by atoms with Crippen LogP contribution in [0.15, 0.2) is 30.3 Å². The van der Waals surface area contributed by atoms with Crippen molar-refractivity contribution in [2.45, 2.75) is 61.1 Å². The van der Waals surface area contributed by atoms with Gasteiger partial charge in [-0.15, -0.1) is 0 Å². The summed E-state index contributed by atoms with van der Waals surface area (Å²) in [6.07, 6.45) is 0.348. The van der Waals surface area contributed by atoms with Crippen molar-refractivity contribution in [2.75, 3.05) is 0 Å². The number of para-hydroxylation sites is 1. The minimum absolute atomic E-state index is 0.00607. The Bertz CT molecular complexity index is 998. The van der Waals surface area contributed by atoms with Crippen molar-refractivity contribution in [1.82, 2.24) is 24.9 Å². The van der Waals surface area contributed by atoms with Crippen LogP contribution in [0.1, 0.15) is 47.8 Å². The maximum absolute atomic E-state index is 12.6. The summed E-state index contributed by atoms with van der Waals surface area (Å²) in [7, 11) is 0. The number of aromatic nitrogens is 4. The van der Waals surface area contributed by atoms with Crippen LogP contribution in [-0.2, 0) is 24.3 Å². The predicted molar refractivity (Wildman–Crippen MR) is 115 cm³/mol. The highest BCUT2D eigenvalue weighted by Crippen LogP contribution is 2.18. The van der Waals surface area contributed by atoms with Crippen molar-refractivity contribution in [1.29, 1.82) is 0 Å². The molecule has 0 bridgehead atoms. The average Bonchev–Trinajstić information content (AvgIpc) is 3.10. The summed E-state index contributed by atoms with van der Waals surface area (Å²) in [6, 6.07) is 10.0. The van der Waals surface area contributed by atoms with E-state index in [9.17, 15) is 4.79 Å². The molecule has 3 rings (SSSR count). The van der Waals surface area contributed by atoms with Crippen LogP contribution in [0.2, 0.25) is 0 Å². The second kappa shape index (κ2) is 8.64. The van der Waals surface area contributed by atoms with E-state index in [-0.39, 0.29) is 5.91 Å². The molecule has 2 aromatic heterocycles. The van der Waals surface area contributed by atoms with Crippen molar-refractivity contribution >= 4 is 5.91 Å². The number of amides is 1. The zero-order chi connectivity index (χ0) is 21.1. The Morgan fingerprint density at radius 2 is 1.62 bits per heavy atom. The number of hydrogen-bond acceptors (Lipinski definition) is 3. The zero-order valence-electron chi connectivity index (χ0n) is 18.3. The standard InChI is InChI=1S/C23H31N5O/c1-15(2)14-27-18(5)21(16(3)25-27)12-23(29)24-13-22-17(4)26-28(19(22)6)20-10-8-7-9-11-20/h7-11,15H,12-14H2,1-6H3,(H,24,29). The fourth-order valence-corrected chi connectivity index (χ4v) is 3.67. The van der Waals surface area contributed by atoms with E-state index in [0.29, 0.717) is 18.9 Å². The van der Waals surface area contributed by atoms with Crippen molar-refractivity contribution in [3.05, 3.63) is 64.2 Å². The molecule has 0 aliphatic rings. The third kappa shape index (κ3) is 4.58. The van der Waals surface area contributed by atoms with E-state index < -0.39 is 0 Å². The number of rotatable bonds is 7. The van der Waals surface area contributed by atoms with Crippen LogP contribution in [0.5, 0.6) is 0 Å². The minimum atomic E-state index is 0.00607. The lowest BCUT2D eigenvalue weighted by Crippen LogP contribution is -2.25. The van der Waals surface area contributed by atoms with Crippen molar-refractivity contribution < 1.29 is 4.79 Å². The fourth-order valence-electron chi connectivity index (χ4n) is 3.67. The molecule has 0 unspecified atom stereocenters. The fraction of sp³-hybridized carbons (Fsp3) is 0.435. The molecule has 29 heavy (non-hydrogen) atoms. The number of carbonyl (C=O) groups is 1. The second-order valence-electron chi connectivity index (χ2n) is 8.08. The van der Waals surface area contributed by atoms with Gasteiger partial charge in [0.15, 0.2) is 0 Å². The van der Waals surface area contributed by atoms with Gasteiger partial charge in [0.1, 0.15) is 0 Å². The van der Waals surface area contributed by atoms with Gasteiger partial charge in [-0.2, -0.15) is 10.2 Å². The SMILES string of the molecule is Cc1nn(CC(C)C)c(C)c1CC(=O)NCc1c(C)nn(-c2ccccc2)c1C. The first-order chi connectivity index (χ1) is 13.8. The third-order valence-electron chi connectivity index (χ3n) is 5.31. The Labute approximate surface area is 172 Å². The Morgan fingerprint density at radius 1 is 0.966 bits per heavy atom. The van der Waals surface area contributed by atoms with Crippen LogP contribution in [0.25, 0.3) is 5.69 Å². The summed E-state index contributed by atoms with van der Waals surface area (Å²) in [4.78, 5) is 12.6. The molecule has 6 heteroatoms. The molecule has 1 aromatic carbocycles. The van der Waals surface area contributed by atoms with Crippen LogP contribution in [-0.4, -0.2) is 25.5 Å². The van der Waals surface area contributed by atoms with Gasteiger partial charge in [0, 0.05) is 35.6 Å². The largest absolute Gasteiger partial charge is 0.352 e. The molecule has 0 saturated carbocycles. The van der Waals surface area contributed by atoms with Gasteiger partial charge >= 0.3 is 0 Å². The molecule has 0 aliphatic carbocycles. The van der Waals surface area contributed by atoms with Gasteiger partial charge in [-0.1, -0.05) is 32.0 Å². The van der Waals surface area contributed by atoms with Crippen LogP contribution in [0.4, 0.5) is 0 Å². The molecular weight excluding hydrogens is 362 g/mol. The minimum Gasteiger partial charge on any atom is -0.352 e. The molecular formula is C23H31N5O. The summed E-state index contributed by atoms with van der Waals surface area (Å²) in [5, 5.41) is 12.3. The Kier molecular flexibility index (Phi) is 6.20. The molecule has 6 nitrogen and oxygen atoms in total. The van der Waals surface area contributed by atoms with Gasteiger partial charge in [0.2, 0.25) is 5.91 Å². The molecule has 0 fully saturated rings. The highest BCUT2D eigenvalue weighted by Gasteiger charge is 2.17. The lowest BCUT2D eigenvalue weighted by atomic mass is 10.1. The molecule has 0 radical (unpaired) electrons. The summed E-state index contributed by atoms with van der Waals surface area (Å²) in [5.41, 5.74) is 7.10. The maximum atomic E-state index is 12.6. The van der Waals surface area contributed by atoms with Gasteiger partial charge in [-0.05, 0) is 45.7 Å². The van der Waals surface area contributed by atoms with Gasteiger partial charge in [0.25, 0.3) is 0 Å². The molecule has 1 amide bonds. The van der Waals surface area contributed by atoms with Crippen LogP contribution >= 0.6 is 0 Å². The average molecular weight is 394 g/mol. The number of carbonyl (C=O) groups excluding carboxylic acids is 1. The Morgan fingerprint density at radius 3 is 2.28 bits per heavy atom. The third-order valence-corrected chi connectivity index (χ3v) is 5.31. The van der Waals surface area contributed by atoms with E-state index in [4.69, 9.17) is 0 Å². The number of nitrogens with zero attached hydrogens (tertiary/aromatic N) is 4. The van der Waals surface area contributed by atoms with Gasteiger partial charge in [0.05, 0.1) is 23.5 Å². The second-order valence-corrected chi connectivity index (χ2v) is 8.08. The summed E-state index contributed by atoms with van der Waals surface area (Å²) in [6.45, 7) is 13.7. The first-order valence-electron chi connectivity index (χ1n) is 10.2. The normalized spacial score (nSPS) is 11.3. The van der Waals surface area contributed by atoms with Gasteiger partial charge in [-0.3, -0.25) is 9.48 Å². The van der Waals surface area contributed by atoms with E-state index in [2.05, 4.69) is 29.4 Å². The van der Waals surface area contributed by atoms with Crippen molar-refractivity contribution in [2.24, 2.45) is 5.92 Å². The first kappa shape index (κ1) is 20.8. The zero-order valence-corrected chi connectivity index (χ0v) is 18.3.